The molecular weight excluding hydrogens is 184 g/mol. The lowest BCUT2D eigenvalue weighted by Gasteiger charge is -2.19. The highest BCUT2D eigenvalue weighted by atomic mass is 32.1. The van der Waals surface area contributed by atoms with Gasteiger partial charge in [-0.1, -0.05) is 18.2 Å². The van der Waals surface area contributed by atoms with Gasteiger partial charge in [-0.05, 0) is 24.4 Å². The van der Waals surface area contributed by atoms with Crippen LogP contribution in [0.4, 0.5) is 5.69 Å². The Morgan fingerprint density at radius 3 is 2.54 bits per heavy atom. The highest BCUT2D eigenvalue weighted by Gasteiger charge is 2.23. The molecule has 1 unspecified atom stereocenters. The van der Waals surface area contributed by atoms with Crippen molar-refractivity contribution in [1.29, 1.82) is 0 Å². The van der Waals surface area contributed by atoms with Gasteiger partial charge in [0.2, 0.25) is 5.11 Å². The Balaban J connectivity index is 2.33. The summed E-state index contributed by atoms with van der Waals surface area (Å²) < 4.78 is 0. The second-order valence-electron chi connectivity index (χ2n) is 2.62. The van der Waals surface area contributed by atoms with Crippen molar-refractivity contribution in [2.45, 2.75) is 6.29 Å². The number of nitrogens with zero attached hydrogens (tertiary/aromatic N) is 3. The summed E-state index contributed by atoms with van der Waals surface area (Å²) in [5, 5.41) is 7.91. The Morgan fingerprint density at radius 1 is 1.31 bits per heavy atom. The summed E-state index contributed by atoms with van der Waals surface area (Å²) in [7, 11) is 0. The van der Waals surface area contributed by atoms with E-state index >= 15 is 0 Å². The van der Waals surface area contributed by atoms with E-state index in [9.17, 15) is 0 Å². The molecule has 0 amide bonds. The summed E-state index contributed by atoms with van der Waals surface area (Å²) in [5.74, 6) is 0. The first-order valence-corrected chi connectivity index (χ1v) is 4.24. The van der Waals surface area contributed by atoms with Gasteiger partial charge in [0.1, 0.15) is 0 Å². The largest absolute Gasteiger partial charge is 0.291 e. The smallest absolute Gasteiger partial charge is 0.223 e. The minimum absolute atomic E-state index is 0.415. The quantitative estimate of drug-likeness (QED) is 0.686. The molecule has 0 radical (unpaired) electrons. The third-order valence-corrected chi connectivity index (χ3v) is 2.04. The van der Waals surface area contributed by atoms with Crippen molar-refractivity contribution in [1.82, 2.24) is 0 Å². The van der Waals surface area contributed by atoms with Crippen LogP contribution in [-0.4, -0.2) is 11.4 Å². The first-order chi connectivity index (χ1) is 6.29. The zero-order chi connectivity index (χ0) is 9.26. The molecule has 0 saturated carbocycles. The molecule has 0 aliphatic carbocycles. The molecule has 0 aromatic heterocycles. The van der Waals surface area contributed by atoms with Crippen molar-refractivity contribution in [3.05, 3.63) is 30.3 Å². The number of rotatable bonds is 1. The van der Waals surface area contributed by atoms with Crippen LogP contribution in [0.5, 0.6) is 0 Å². The Hall–Kier alpha value is -1.33. The molecule has 4 nitrogen and oxygen atoms in total. The fourth-order valence-corrected chi connectivity index (χ4v) is 1.43. The van der Waals surface area contributed by atoms with E-state index in [4.69, 9.17) is 18.0 Å². The minimum atomic E-state index is -0.477. The van der Waals surface area contributed by atoms with Gasteiger partial charge in [0.15, 0.2) is 6.29 Å². The molecular formula is C8H8N4S. The number of hydrogen-bond acceptors (Lipinski definition) is 3. The molecule has 1 aliphatic heterocycles. The molecule has 5 heteroatoms. The summed E-state index contributed by atoms with van der Waals surface area (Å²) >= 11 is 4.99. The second kappa shape index (κ2) is 3.20. The zero-order valence-electron chi connectivity index (χ0n) is 6.79. The molecule has 66 valence electrons. The standard InChI is InChI=1S/C8H8N4S/c9-7-10-11-8(13)12(7)6-4-2-1-3-5-6/h1-5,7H,9H2. The van der Waals surface area contributed by atoms with Crippen molar-refractivity contribution < 1.29 is 0 Å². The lowest BCUT2D eigenvalue weighted by molar-refractivity contribution is 0.743. The van der Waals surface area contributed by atoms with Crippen LogP contribution in [0.25, 0.3) is 0 Å². The molecule has 2 N–H and O–H groups in total. The average molecular weight is 192 g/mol. The van der Waals surface area contributed by atoms with E-state index in [1.54, 1.807) is 4.90 Å². The first-order valence-electron chi connectivity index (χ1n) is 3.84. The fraction of sp³-hybridized carbons (Fsp3) is 0.125. The van der Waals surface area contributed by atoms with Crippen molar-refractivity contribution in [2.75, 3.05) is 4.90 Å². The average Bonchev–Trinajstić information content (AvgIpc) is 2.48. The zero-order valence-corrected chi connectivity index (χ0v) is 7.61. The summed E-state index contributed by atoms with van der Waals surface area (Å²) in [6.07, 6.45) is -0.477. The molecule has 13 heavy (non-hydrogen) atoms. The summed E-state index contributed by atoms with van der Waals surface area (Å²) in [4.78, 5) is 1.70. The van der Waals surface area contributed by atoms with Crippen LogP contribution in [0.15, 0.2) is 40.6 Å². The van der Waals surface area contributed by atoms with Gasteiger partial charge >= 0.3 is 0 Å². The normalized spacial score (nSPS) is 21.2. The van der Waals surface area contributed by atoms with Crippen molar-refractivity contribution in [3.63, 3.8) is 0 Å². The summed E-state index contributed by atoms with van der Waals surface area (Å²) in [6, 6.07) is 9.61. The summed E-state index contributed by atoms with van der Waals surface area (Å²) in [5.41, 5.74) is 6.60. The van der Waals surface area contributed by atoms with Crippen LogP contribution in [0, 0.1) is 0 Å². The van der Waals surface area contributed by atoms with Gasteiger partial charge in [-0.3, -0.25) is 10.6 Å². The first kappa shape index (κ1) is 8.28. The predicted octanol–water partition coefficient (Wildman–Crippen LogP) is 1.49. The molecule has 0 bridgehead atoms. The van der Waals surface area contributed by atoms with Crippen LogP contribution in [0.2, 0.25) is 0 Å². The Kier molecular flexibility index (Phi) is 2.03. The SMILES string of the molecule is NC1N=NC(=S)N1c1ccccc1. The maximum Gasteiger partial charge on any atom is 0.223 e. The lowest BCUT2D eigenvalue weighted by atomic mass is 10.3. The van der Waals surface area contributed by atoms with E-state index in [0.717, 1.165) is 5.69 Å². The monoisotopic (exact) mass is 192 g/mol. The Labute approximate surface area is 81.1 Å². The van der Waals surface area contributed by atoms with Crippen LogP contribution in [0.3, 0.4) is 0 Å². The van der Waals surface area contributed by atoms with Gasteiger partial charge in [0, 0.05) is 5.69 Å². The van der Waals surface area contributed by atoms with Gasteiger partial charge in [0.25, 0.3) is 0 Å². The van der Waals surface area contributed by atoms with E-state index in [-0.39, 0.29) is 0 Å². The molecule has 1 aliphatic rings. The topological polar surface area (TPSA) is 54.0 Å². The van der Waals surface area contributed by atoms with Crippen molar-refractivity contribution in [2.24, 2.45) is 16.0 Å². The van der Waals surface area contributed by atoms with Gasteiger partial charge in [-0.25, -0.2) is 0 Å². The van der Waals surface area contributed by atoms with Crippen LogP contribution >= 0.6 is 12.2 Å². The van der Waals surface area contributed by atoms with E-state index in [0.29, 0.717) is 5.11 Å². The summed E-state index contributed by atoms with van der Waals surface area (Å²) in [6.45, 7) is 0. The van der Waals surface area contributed by atoms with E-state index < -0.39 is 6.29 Å². The molecule has 0 saturated heterocycles. The lowest BCUT2D eigenvalue weighted by Crippen LogP contribution is -2.38. The van der Waals surface area contributed by atoms with Gasteiger partial charge < -0.3 is 0 Å². The number of para-hydroxylation sites is 1. The molecule has 1 heterocycles. The molecule has 1 aromatic rings. The minimum Gasteiger partial charge on any atom is -0.291 e. The van der Waals surface area contributed by atoms with E-state index in [1.807, 2.05) is 30.3 Å². The van der Waals surface area contributed by atoms with Gasteiger partial charge in [-0.2, -0.15) is 0 Å². The number of benzene rings is 1. The molecule has 1 aromatic carbocycles. The van der Waals surface area contributed by atoms with E-state index in [2.05, 4.69) is 10.2 Å². The van der Waals surface area contributed by atoms with Gasteiger partial charge in [-0.15, -0.1) is 10.2 Å². The Morgan fingerprint density at radius 2 is 2.00 bits per heavy atom. The molecule has 0 spiro atoms. The number of hydrogen-bond donors (Lipinski definition) is 1. The molecule has 1 atom stereocenters. The third-order valence-electron chi connectivity index (χ3n) is 1.77. The third kappa shape index (κ3) is 1.43. The fourth-order valence-electron chi connectivity index (χ4n) is 1.17. The molecule has 2 rings (SSSR count). The maximum atomic E-state index is 5.68. The van der Waals surface area contributed by atoms with Crippen molar-refractivity contribution in [3.8, 4) is 0 Å². The van der Waals surface area contributed by atoms with Crippen LogP contribution in [0.1, 0.15) is 0 Å². The Bertz CT molecular complexity index is 348. The predicted molar refractivity (Wildman–Crippen MR) is 54.4 cm³/mol. The van der Waals surface area contributed by atoms with E-state index in [1.165, 1.54) is 0 Å². The van der Waals surface area contributed by atoms with Crippen LogP contribution in [-0.2, 0) is 0 Å². The number of azo groups is 1. The highest BCUT2D eigenvalue weighted by Crippen LogP contribution is 2.20. The van der Waals surface area contributed by atoms with Crippen molar-refractivity contribution >= 4 is 23.0 Å². The maximum absolute atomic E-state index is 5.68. The molecule has 0 fully saturated rings. The second-order valence-corrected chi connectivity index (χ2v) is 2.98. The number of anilines is 1. The number of thiocarbonyl (C=S) groups is 1. The van der Waals surface area contributed by atoms with Crippen LogP contribution < -0.4 is 10.6 Å². The van der Waals surface area contributed by atoms with Gasteiger partial charge in [0.05, 0.1) is 0 Å². The highest BCUT2D eigenvalue weighted by molar-refractivity contribution is 7.80. The number of nitrogens with two attached hydrogens (primary N) is 1.